The van der Waals surface area contributed by atoms with Crippen molar-refractivity contribution < 1.29 is 0 Å². The van der Waals surface area contributed by atoms with Crippen LogP contribution in [0.4, 0.5) is 11.4 Å². The first kappa shape index (κ1) is 14.5. The van der Waals surface area contributed by atoms with Gasteiger partial charge in [-0.05, 0) is 60.6 Å². The molecule has 0 bridgehead atoms. The molecule has 110 valence electrons. The van der Waals surface area contributed by atoms with Crippen molar-refractivity contribution in [1.29, 1.82) is 0 Å². The fourth-order valence-electron chi connectivity index (χ4n) is 2.51. The van der Waals surface area contributed by atoms with Crippen LogP contribution < -0.4 is 10.6 Å². The minimum Gasteiger partial charge on any atom is -0.332 e. The molecule has 0 amide bonds. The second-order valence-electron chi connectivity index (χ2n) is 5.46. The van der Waals surface area contributed by atoms with E-state index in [4.69, 9.17) is 12.2 Å². The zero-order valence-corrected chi connectivity index (χ0v) is 13.5. The van der Waals surface area contributed by atoms with E-state index in [-0.39, 0.29) is 0 Å². The Morgan fingerprint density at radius 2 is 1.59 bits per heavy atom. The molecule has 0 aliphatic heterocycles. The third-order valence-corrected chi connectivity index (χ3v) is 3.84. The van der Waals surface area contributed by atoms with Gasteiger partial charge in [0.2, 0.25) is 0 Å². The highest BCUT2D eigenvalue weighted by atomic mass is 32.1. The Labute approximate surface area is 136 Å². The summed E-state index contributed by atoms with van der Waals surface area (Å²) in [7, 11) is 0. The second kappa shape index (κ2) is 6.16. The van der Waals surface area contributed by atoms with E-state index in [2.05, 4.69) is 66.9 Å². The Bertz CT molecular complexity index is 840. The molecule has 0 aliphatic carbocycles. The van der Waals surface area contributed by atoms with Crippen LogP contribution >= 0.6 is 12.2 Å². The van der Waals surface area contributed by atoms with Gasteiger partial charge < -0.3 is 10.6 Å². The van der Waals surface area contributed by atoms with E-state index in [1.807, 2.05) is 18.2 Å². The number of hydrogen-bond donors (Lipinski definition) is 2. The van der Waals surface area contributed by atoms with Gasteiger partial charge in [-0.25, -0.2) is 0 Å². The molecule has 0 radical (unpaired) electrons. The van der Waals surface area contributed by atoms with Gasteiger partial charge in [0, 0.05) is 11.4 Å². The molecule has 2 nitrogen and oxygen atoms in total. The lowest BCUT2D eigenvalue weighted by atomic mass is 10.1. The van der Waals surface area contributed by atoms with Gasteiger partial charge in [-0.1, -0.05) is 48.0 Å². The maximum atomic E-state index is 5.41. The van der Waals surface area contributed by atoms with Gasteiger partial charge in [-0.15, -0.1) is 0 Å². The van der Waals surface area contributed by atoms with Gasteiger partial charge in [0.05, 0.1) is 0 Å². The van der Waals surface area contributed by atoms with Gasteiger partial charge in [0.1, 0.15) is 0 Å². The lowest BCUT2D eigenvalue weighted by molar-refractivity contribution is 1.38. The van der Waals surface area contributed by atoms with Crippen LogP contribution in [0, 0.1) is 13.8 Å². The molecule has 0 atom stereocenters. The Morgan fingerprint density at radius 3 is 2.36 bits per heavy atom. The standard InChI is InChI=1S/C19H18N2S/c1-13-7-10-18(14(2)11-13)21-19(22)20-17-9-8-15-5-3-4-6-16(15)12-17/h3-12H,1-2H3,(H2,20,21,22). The molecule has 0 saturated heterocycles. The number of rotatable bonds is 2. The quantitative estimate of drug-likeness (QED) is 0.631. The summed E-state index contributed by atoms with van der Waals surface area (Å²) in [6.45, 7) is 4.16. The fourth-order valence-corrected chi connectivity index (χ4v) is 2.73. The Hall–Kier alpha value is -2.39. The summed E-state index contributed by atoms with van der Waals surface area (Å²) in [6.07, 6.45) is 0. The summed E-state index contributed by atoms with van der Waals surface area (Å²) in [6, 6.07) is 20.8. The number of fused-ring (bicyclic) bond motifs is 1. The van der Waals surface area contributed by atoms with Crippen LogP contribution in [0.25, 0.3) is 10.8 Å². The highest BCUT2D eigenvalue weighted by molar-refractivity contribution is 7.80. The summed E-state index contributed by atoms with van der Waals surface area (Å²) >= 11 is 5.41. The van der Waals surface area contributed by atoms with Crippen molar-refractivity contribution in [2.75, 3.05) is 10.6 Å². The molecule has 0 heterocycles. The molecule has 0 aromatic heterocycles. The van der Waals surface area contributed by atoms with Crippen LogP contribution in [-0.2, 0) is 0 Å². The van der Waals surface area contributed by atoms with E-state index in [1.165, 1.54) is 21.9 Å². The number of hydrogen-bond acceptors (Lipinski definition) is 1. The zero-order chi connectivity index (χ0) is 15.5. The van der Waals surface area contributed by atoms with Crippen LogP contribution in [0.3, 0.4) is 0 Å². The zero-order valence-electron chi connectivity index (χ0n) is 12.7. The van der Waals surface area contributed by atoms with Crippen molar-refractivity contribution in [3.05, 3.63) is 71.8 Å². The monoisotopic (exact) mass is 306 g/mol. The van der Waals surface area contributed by atoms with Gasteiger partial charge in [0.15, 0.2) is 5.11 Å². The van der Waals surface area contributed by atoms with E-state index in [0.717, 1.165) is 11.4 Å². The van der Waals surface area contributed by atoms with Crippen LogP contribution in [0.1, 0.15) is 11.1 Å². The molecule has 2 N–H and O–H groups in total. The minimum atomic E-state index is 0.599. The van der Waals surface area contributed by atoms with Crippen molar-refractivity contribution in [2.24, 2.45) is 0 Å². The molecule has 3 aromatic carbocycles. The Kier molecular flexibility index (Phi) is 4.07. The van der Waals surface area contributed by atoms with E-state index < -0.39 is 0 Å². The van der Waals surface area contributed by atoms with Gasteiger partial charge >= 0.3 is 0 Å². The summed E-state index contributed by atoms with van der Waals surface area (Å²) in [5.41, 5.74) is 4.45. The lowest BCUT2D eigenvalue weighted by Crippen LogP contribution is -2.19. The average molecular weight is 306 g/mol. The predicted molar refractivity (Wildman–Crippen MR) is 99.7 cm³/mol. The lowest BCUT2D eigenvalue weighted by Gasteiger charge is -2.13. The second-order valence-corrected chi connectivity index (χ2v) is 5.87. The molecule has 0 aliphatic rings. The van der Waals surface area contributed by atoms with Crippen LogP contribution in [0.2, 0.25) is 0 Å². The first-order valence-corrected chi connectivity index (χ1v) is 7.67. The highest BCUT2D eigenvalue weighted by Gasteiger charge is 2.03. The molecule has 22 heavy (non-hydrogen) atoms. The summed E-state index contributed by atoms with van der Waals surface area (Å²) < 4.78 is 0. The smallest absolute Gasteiger partial charge is 0.175 e. The summed E-state index contributed by atoms with van der Waals surface area (Å²) in [4.78, 5) is 0. The van der Waals surface area contributed by atoms with Gasteiger partial charge in [-0.3, -0.25) is 0 Å². The first-order chi connectivity index (χ1) is 10.6. The van der Waals surface area contributed by atoms with Crippen LogP contribution in [0.5, 0.6) is 0 Å². The van der Waals surface area contributed by atoms with E-state index >= 15 is 0 Å². The highest BCUT2D eigenvalue weighted by Crippen LogP contribution is 2.20. The van der Waals surface area contributed by atoms with Crippen LogP contribution in [0.15, 0.2) is 60.7 Å². The maximum absolute atomic E-state index is 5.41. The third kappa shape index (κ3) is 3.26. The molecular weight excluding hydrogens is 288 g/mol. The van der Waals surface area contributed by atoms with Crippen LogP contribution in [-0.4, -0.2) is 5.11 Å². The number of benzene rings is 3. The number of anilines is 2. The van der Waals surface area contributed by atoms with Crippen molar-refractivity contribution in [2.45, 2.75) is 13.8 Å². The van der Waals surface area contributed by atoms with E-state index in [0.29, 0.717) is 5.11 Å². The largest absolute Gasteiger partial charge is 0.332 e. The third-order valence-electron chi connectivity index (χ3n) is 3.64. The minimum absolute atomic E-state index is 0.599. The Morgan fingerprint density at radius 1 is 0.818 bits per heavy atom. The topological polar surface area (TPSA) is 24.1 Å². The Balaban J connectivity index is 1.75. The van der Waals surface area contributed by atoms with Crippen molar-refractivity contribution in [3.63, 3.8) is 0 Å². The SMILES string of the molecule is Cc1ccc(NC(=S)Nc2ccc3ccccc3c2)c(C)c1. The molecule has 0 fully saturated rings. The fraction of sp³-hybridized carbons (Fsp3) is 0.105. The van der Waals surface area contributed by atoms with Gasteiger partial charge in [0.25, 0.3) is 0 Å². The van der Waals surface area contributed by atoms with Crippen molar-refractivity contribution in [3.8, 4) is 0 Å². The molecule has 0 unspecified atom stereocenters. The molecule has 0 saturated carbocycles. The molecule has 3 rings (SSSR count). The summed E-state index contributed by atoms with van der Waals surface area (Å²) in [5, 5.41) is 9.52. The van der Waals surface area contributed by atoms with E-state index in [1.54, 1.807) is 0 Å². The maximum Gasteiger partial charge on any atom is 0.175 e. The molecule has 3 aromatic rings. The van der Waals surface area contributed by atoms with Gasteiger partial charge in [-0.2, -0.15) is 0 Å². The predicted octanol–water partition coefficient (Wildman–Crippen LogP) is 5.27. The normalized spacial score (nSPS) is 10.5. The average Bonchev–Trinajstić information content (AvgIpc) is 2.50. The van der Waals surface area contributed by atoms with Crippen molar-refractivity contribution >= 4 is 39.5 Å². The molecular formula is C19H18N2S. The number of aryl methyl sites for hydroxylation is 2. The number of nitrogens with one attached hydrogen (secondary N) is 2. The molecule has 3 heteroatoms. The summed E-state index contributed by atoms with van der Waals surface area (Å²) in [5.74, 6) is 0. The van der Waals surface area contributed by atoms with Crippen molar-refractivity contribution in [1.82, 2.24) is 0 Å². The number of thiocarbonyl (C=S) groups is 1. The molecule has 0 spiro atoms. The first-order valence-electron chi connectivity index (χ1n) is 7.26. The van der Waals surface area contributed by atoms with E-state index in [9.17, 15) is 0 Å².